The Morgan fingerprint density at radius 2 is 1.89 bits per heavy atom. The Kier molecular flexibility index (Phi) is 3.78. The molecule has 0 aliphatic heterocycles. The third-order valence-electron chi connectivity index (χ3n) is 3.48. The van der Waals surface area contributed by atoms with Gasteiger partial charge in [0.2, 0.25) is 0 Å². The molecular weight excluding hydrogens is 220 g/mol. The van der Waals surface area contributed by atoms with Crippen LogP contribution in [0.5, 0.6) is 0 Å². The van der Waals surface area contributed by atoms with Crippen molar-refractivity contribution in [1.29, 1.82) is 0 Å². The second kappa shape index (κ2) is 5.32. The van der Waals surface area contributed by atoms with E-state index >= 15 is 0 Å². The molecule has 0 spiro atoms. The van der Waals surface area contributed by atoms with Gasteiger partial charge in [0, 0.05) is 6.20 Å². The third-order valence-corrected chi connectivity index (χ3v) is 3.48. The molecule has 1 N–H and O–H groups in total. The molecule has 1 atom stereocenters. The molecular formula is C16H20N2. The van der Waals surface area contributed by atoms with Crippen molar-refractivity contribution in [1.82, 2.24) is 10.3 Å². The summed E-state index contributed by atoms with van der Waals surface area (Å²) in [6.45, 7) is 6.42. The molecule has 1 heterocycles. The maximum absolute atomic E-state index is 4.50. The average molecular weight is 240 g/mol. The topological polar surface area (TPSA) is 24.9 Å². The van der Waals surface area contributed by atoms with Gasteiger partial charge in [0.25, 0.3) is 0 Å². The summed E-state index contributed by atoms with van der Waals surface area (Å²) in [6.07, 6.45) is 1.88. The highest BCUT2D eigenvalue weighted by atomic mass is 14.9. The van der Waals surface area contributed by atoms with Crippen molar-refractivity contribution in [3.8, 4) is 0 Å². The van der Waals surface area contributed by atoms with Gasteiger partial charge in [0.1, 0.15) is 0 Å². The van der Waals surface area contributed by atoms with Crippen LogP contribution in [0.3, 0.4) is 0 Å². The van der Waals surface area contributed by atoms with E-state index in [1.165, 1.54) is 22.3 Å². The number of aryl methyl sites for hydroxylation is 2. The normalized spacial score (nSPS) is 12.4. The zero-order valence-corrected chi connectivity index (χ0v) is 11.5. The van der Waals surface area contributed by atoms with E-state index in [2.05, 4.69) is 55.3 Å². The van der Waals surface area contributed by atoms with Crippen molar-refractivity contribution in [2.75, 3.05) is 7.05 Å². The Morgan fingerprint density at radius 3 is 2.56 bits per heavy atom. The van der Waals surface area contributed by atoms with Gasteiger partial charge in [-0.3, -0.25) is 4.98 Å². The van der Waals surface area contributed by atoms with E-state index in [1.54, 1.807) is 0 Å². The molecule has 0 fully saturated rings. The summed E-state index contributed by atoms with van der Waals surface area (Å²) in [5.41, 5.74) is 6.27. The van der Waals surface area contributed by atoms with Crippen LogP contribution in [0.2, 0.25) is 0 Å². The minimum atomic E-state index is 0.157. The standard InChI is InChI=1S/C16H20N2/c1-11-8-9-18-15(10-11)16(17-4)14-7-5-6-12(2)13(14)3/h5-10,16-17H,1-4H3. The molecule has 0 amide bonds. The lowest BCUT2D eigenvalue weighted by molar-refractivity contribution is 0.665. The van der Waals surface area contributed by atoms with Gasteiger partial charge in [-0.1, -0.05) is 18.2 Å². The summed E-state index contributed by atoms with van der Waals surface area (Å²) in [4.78, 5) is 4.50. The molecule has 2 nitrogen and oxygen atoms in total. The molecule has 0 bridgehead atoms. The van der Waals surface area contributed by atoms with Crippen molar-refractivity contribution >= 4 is 0 Å². The number of pyridine rings is 1. The molecule has 2 rings (SSSR count). The van der Waals surface area contributed by atoms with Gasteiger partial charge in [0.15, 0.2) is 0 Å². The molecule has 0 saturated heterocycles. The lowest BCUT2D eigenvalue weighted by Gasteiger charge is -2.19. The zero-order valence-electron chi connectivity index (χ0n) is 11.5. The first-order chi connectivity index (χ1) is 8.63. The number of benzene rings is 1. The maximum Gasteiger partial charge on any atom is 0.0751 e. The largest absolute Gasteiger partial charge is 0.308 e. The summed E-state index contributed by atoms with van der Waals surface area (Å²) in [5, 5.41) is 3.37. The third kappa shape index (κ3) is 2.44. The Labute approximate surface area is 109 Å². The highest BCUT2D eigenvalue weighted by Gasteiger charge is 2.16. The van der Waals surface area contributed by atoms with E-state index in [-0.39, 0.29) is 6.04 Å². The SMILES string of the molecule is CNC(c1cc(C)ccn1)c1cccc(C)c1C. The van der Waals surface area contributed by atoms with Crippen molar-refractivity contribution < 1.29 is 0 Å². The Bertz CT molecular complexity index is 547. The second-order valence-corrected chi connectivity index (χ2v) is 4.77. The van der Waals surface area contributed by atoms with Gasteiger partial charge in [-0.05, 0) is 62.2 Å². The number of rotatable bonds is 3. The van der Waals surface area contributed by atoms with Crippen molar-refractivity contribution in [3.05, 3.63) is 64.5 Å². The molecule has 0 aliphatic rings. The van der Waals surface area contributed by atoms with Gasteiger partial charge in [-0.2, -0.15) is 0 Å². The first kappa shape index (κ1) is 12.8. The fraction of sp³-hybridized carbons (Fsp3) is 0.312. The van der Waals surface area contributed by atoms with E-state index in [1.807, 2.05) is 19.3 Å². The van der Waals surface area contributed by atoms with Crippen molar-refractivity contribution in [3.63, 3.8) is 0 Å². The smallest absolute Gasteiger partial charge is 0.0751 e. The Balaban J connectivity index is 2.49. The molecule has 1 unspecified atom stereocenters. The van der Waals surface area contributed by atoms with E-state index in [0.717, 1.165) is 5.69 Å². The van der Waals surface area contributed by atoms with Crippen LogP contribution in [-0.2, 0) is 0 Å². The van der Waals surface area contributed by atoms with Crippen LogP contribution in [0.4, 0.5) is 0 Å². The number of nitrogens with zero attached hydrogens (tertiary/aromatic N) is 1. The highest BCUT2D eigenvalue weighted by molar-refractivity contribution is 5.39. The van der Waals surface area contributed by atoms with Crippen molar-refractivity contribution in [2.45, 2.75) is 26.8 Å². The molecule has 1 aromatic carbocycles. The van der Waals surface area contributed by atoms with Crippen LogP contribution in [-0.4, -0.2) is 12.0 Å². The van der Waals surface area contributed by atoms with E-state index in [9.17, 15) is 0 Å². The minimum absolute atomic E-state index is 0.157. The highest BCUT2D eigenvalue weighted by Crippen LogP contribution is 2.25. The van der Waals surface area contributed by atoms with Crippen LogP contribution in [0.1, 0.15) is 34.0 Å². The Morgan fingerprint density at radius 1 is 1.11 bits per heavy atom. The van der Waals surface area contributed by atoms with Gasteiger partial charge in [-0.15, -0.1) is 0 Å². The van der Waals surface area contributed by atoms with Gasteiger partial charge < -0.3 is 5.32 Å². The maximum atomic E-state index is 4.50. The van der Waals surface area contributed by atoms with Crippen LogP contribution < -0.4 is 5.32 Å². The predicted octanol–water partition coefficient (Wildman–Crippen LogP) is 3.32. The molecule has 18 heavy (non-hydrogen) atoms. The molecule has 1 aromatic heterocycles. The minimum Gasteiger partial charge on any atom is -0.308 e. The summed E-state index contributed by atoms with van der Waals surface area (Å²) in [7, 11) is 1.98. The van der Waals surface area contributed by atoms with Crippen LogP contribution in [0, 0.1) is 20.8 Å². The Hall–Kier alpha value is -1.67. The van der Waals surface area contributed by atoms with Crippen LogP contribution in [0.15, 0.2) is 36.5 Å². The summed E-state index contributed by atoms with van der Waals surface area (Å²) in [5.74, 6) is 0. The first-order valence-electron chi connectivity index (χ1n) is 6.29. The fourth-order valence-electron chi connectivity index (χ4n) is 2.27. The zero-order chi connectivity index (χ0) is 13.1. The summed E-state index contributed by atoms with van der Waals surface area (Å²) < 4.78 is 0. The first-order valence-corrected chi connectivity index (χ1v) is 6.29. The van der Waals surface area contributed by atoms with Gasteiger partial charge in [0.05, 0.1) is 11.7 Å². The van der Waals surface area contributed by atoms with E-state index < -0.39 is 0 Å². The molecule has 94 valence electrons. The van der Waals surface area contributed by atoms with E-state index in [0.29, 0.717) is 0 Å². The fourth-order valence-corrected chi connectivity index (χ4v) is 2.27. The van der Waals surface area contributed by atoms with Crippen LogP contribution in [0.25, 0.3) is 0 Å². The summed E-state index contributed by atoms with van der Waals surface area (Å²) in [6, 6.07) is 10.8. The molecule has 0 aliphatic carbocycles. The number of hydrogen-bond acceptors (Lipinski definition) is 2. The van der Waals surface area contributed by atoms with Gasteiger partial charge in [-0.25, -0.2) is 0 Å². The average Bonchev–Trinajstić information content (AvgIpc) is 2.35. The van der Waals surface area contributed by atoms with Crippen LogP contribution >= 0.6 is 0 Å². The number of hydrogen-bond donors (Lipinski definition) is 1. The lowest BCUT2D eigenvalue weighted by Crippen LogP contribution is -2.20. The number of aromatic nitrogens is 1. The van der Waals surface area contributed by atoms with Crippen molar-refractivity contribution in [2.24, 2.45) is 0 Å². The summed E-state index contributed by atoms with van der Waals surface area (Å²) >= 11 is 0. The molecule has 0 saturated carbocycles. The molecule has 2 heteroatoms. The number of nitrogens with one attached hydrogen (secondary N) is 1. The molecule has 2 aromatic rings. The predicted molar refractivity (Wildman–Crippen MR) is 75.8 cm³/mol. The monoisotopic (exact) mass is 240 g/mol. The quantitative estimate of drug-likeness (QED) is 0.890. The van der Waals surface area contributed by atoms with E-state index in [4.69, 9.17) is 0 Å². The molecule has 0 radical (unpaired) electrons. The second-order valence-electron chi connectivity index (χ2n) is 4.77. The van der Waals surface area contributed by atoms with Gasteiger partial charge >= 0.3 is 0 Å². The lowest BCUT2D eigenvalue weighted by atomic mass is 9.95.